The number of carbonyl (C=O) groups is 3. The normalized spacial score (nSPS) is 16.9. The molecule has 0 N–H and O–H groups in total. The minimum absolute atomic E-state index is 0.0684. The lowest BCUT2D eigenvalue weighted by Crippen LogP contribution is -2.37. The molecule has 1 aliphatic heterocycles. The molecule has 1 aromatic rings. The van der Waals surface area contributed by atoms with Crippen molar-refractivity contribution in [3.8, 4) is 0 Å². The summed E-state index contributed by atoms with van der Waals surface area (Å²) in [5, 5.41) is 0. The molecule has 0 aliphatic carbocycles. The third-order valence-corrected chi connectivity index (χ3v) is 10.2. The van der Waals surface area contributed by atoms with Crippen LogP contribution in [0.2, 0.25) is 0 Å². The Balaban J connectivity index is 2.04. The first-order chi connectivity index (χ1) is 13.6. The number of fused-ring (bicyclic) bond motifs is 1. The van der Waals surface area contributed by atoms with Gasteiger partial charge in [-0.05, 0) is 39.8 Å². The Morgan fingerprint density at radius 2 is 1.76 bits per heavy atom. The van der Waals surface area contributed by atoms with Crippen LogP contribution >= 0.6 is 18.1 Å². The standard InChI is InChI=1S/C18H24N2O6PSSi/c1-5-25-27(24,20(29)13(4)18(23)26-12(2)3)28-11-10-19-16(21)14-8-6-7-9-15(14)17(19)22/h6-9,12-13H,5,10-11H2,1-4H3/t13-,27+/m0/s1. The monoisotopic (exact) mass is 455 g/mol. The summed E-state index contributed by atoms with van der Waals surface area (Å²) in [5.74, 6) is -1.12. The predicted molar refractivity (Wildman–Crippen MR) is 112 cm³/mol. The molecule has 0 spiro atoms. The molecule has 29 heavy (non-hydrogen) atoms. The van der Waals surface area contributed by atoms with Crippen LogP contribution in [0.25, 0.3) is 0 Å². The summed E-state index contributed by atoms with van der Waals surface area (Å²) in [4.78, 5) is 38.2. The van der Waals surface area contributed by atoms with Crippen molar-refractivity contribution in [2.24, 2.45) is 0 Å². The number of carbonyl (C=O) groups excluding carboxylic acids is 3. The maximum Gasteiger partial charge on any atom is 0.323 e. The van der Waals surface area contributed by atoms with Crippen molar-refractivity contribution >= 4 is 46.3 Å². The summed E-state index contributed by atoms with van der Waals surface area (Å²) in [6.07, 6.45) is -0.307. The number of amides is 2. The van der Waals surface area contributed by atoms with Crippen molar-refractivity contribution in [1.29, 1.82) is 0 Å². The highest BCUT2D eigenvalue weighted by molar-refractivity contribution is 8.56. The Kier molecular flexibility index (Phi) is 8.25. The van der Waals surface area contributed by atoms with Gasteiger partial charge in [-0.1, -0.05) is 23.5 Å². The zero-order valence-corrected chi connectivity index (χ0v) is 19.5. The largest absolute Gasteiger partial charge is 0.462 e. The zero-order chi connectivity index (χ0) is 21.8. The van der Waals surface area contributed by atoms with E-state index in [4.69, 9.17) is 9.26 Å². The number of hydrogen-bond donors (Lipinski definition) is 0. The summed E-state index contributed by atoms with van der Waals surface area (Å²) >= 11 is 0.948. The molecule has 0 saturated heterocycles. The molecule has 0 unspecified atom stereocenters. The van der Waals surface area contributed by atoms with Crippen molar-refractivity contribution in [3.63, 3.8) is 0 Å². The van der Waals surface area contributed by atoms with Gasteiger partial charge in [-0.2, -0.15) is 0 Å². The predicted octanol–water partition coefficient (Wildman–Crippen LogP) is 2.89. The number of esters is 1. The molecule has 0 bridgehead atoms. The van der Waals surface area contributed by atoms with Crippen LogP contribution in [0.15, 0.2) is 24.3 Å². The lowest BCUT2D eigenvalue weighted by molar-refractivity contribution is -0.150. The molecule has 1 heterocycles. The molecule has 2 rings (SSSR count). The molecular formula is C18H24N2O6PSSi. The summed E-state index contributed by atoms with van der Waals surface area (Å²) in [5.41, 5.74) is 0.726. The van der Waals surface area contributed by atoms with E-state index in [-0.39, 0.29) is 36.8 Å². The van der Waals surface area contributed by atoms with Gasteiger partial charge in [-0.15, -0.1) is 0 Å². The second-order valence-electron chi connectivity index (χ2n) is 6.53. The fourth-order valence-corrected chi connectivity index (χ4v) is 7.39. The number of ether oxygens (including phenoxy) is 1. The molecule has 0 aromatic heterocycles. The fraction of sp³-hybridized carbons (Fsp3) is 0.500. The van der Waals surface area contributed by atoms with E-state index in [0.717, 1.165) is 16.3 Å². The number of rotatable bonds is 10. The summed E-state index contributed by atoms with van der Waals surface area (Å²) in [7, 11) is 3.26. The number of nitrogens with zero attached hydrogens (tertiary/aromatic N) is 2. The molecule has 8 nitrogen and oxygen atoms in total. The van der Waals surface area contributed by atoms with Crippen LogP contribution < -0.4 is 0 Å². The van der Waals surface area contributed by atoms with Gasteiger partial charge in [0.2, 0.25) is 0 Å². The Labute approximate surface area is 178 Å². The second-order valence-corrected chi connectivity index (χ2v) is 11.8. The minimum atomic E-state index is -3.52. The maximum atomic E-state index is 13.3. The van der Waals surface area contributed by atoms with Gasteiger partial charge in [-0.25, -0.2) is 4.34 Å². The highest BCUT2D eigenvalue weighted by Crippen LogP contribution is 2.62. The molecule has 2 amide bonds. The van der Waals surface area contributed by atoms with Crippen LogP contribution in [0.3, 0.4) is 0 Å². The average molecular weight is 456 g/mol. The first-order valence-corrected chi connectivity index (χ1v) is 12.8. The molecule has 2 atom stereocenters. The summed E-state index contributed by atoms with van der Waals surface area (Å²) < 4.78 is 25.1. The van der Waals surface area contributed by atoms with E-state index in [1.807, 2.05) is 0 Å². The van der Waals surface area contributed by atoms with E-state index in [1.54, 1.807) is 52.0 Å². The van der Waals surface area contributed by atoms with Gasteiger partial charge in [0.1, 0.15) is 6.04 Å². The fourth-order valence-electron chi connectivity index (χ4n) is 2.66. The third kappa shape index (κ3) is 5.38. The minimum Gasteiger partial charge on any atom is -0.462 e. The molecule has 11 heteroatoms. The van der Waals surface area contributed by atoms with Crippen LogP contribution in [0.4, 0.5) is 0 Å². The van der Waals surface area contributed by atoms with Gasteiger partial charge in [0.15, 0.2) is 10.4 Å². The Morgan fingerprint density at radius 1 is 1.21 bits per heavy atom. The summed E-state index contributed by atoms with van der Waals surface area (Å²) in [6, 6.07) is 5.75. The van der Waals surface area contributed by atoms with E-state index >= 15 is 0 Å². The smallest absolute Gasteiger partial charge is 0.323 e. The van der Waals surface area contributed by atoms with Gasteiger partial charge in [0, 0.05) is 12.3 Å². The van der Waals surface area contributed by atoms with E-state index in [0.29, 0.717) is 11.1 Å². The molecule has 1 aliphatic rings. The highest BCUT2D eigenvalue weighted by Gasteiger charge is 2.38. The SMILES string of the molecule is CCO[P@@](=O)(SCCN1C(=O)c2ccccc2C1=O)N([Si])[C@@H](C)C(=O)OC(C)C. The van der Waals surface area contributed by atoms with Crippen LogP contribution in [0.5, 0.6) is 0 Å². The summed E-state index contributed by atoms with van der Waals surface area (Å²) in [6.45, 7) is 3.39. The van der Waals surface area contributed by atoms with Crippen LogP contribution in [0, 0.1) is 0 Å². The average Bonchev–Trinajstić information content (AvgIpc) is 2.91. The zero-order valence-electron chi connectivity index (χ0n) is 16.8. The van der Waals surface area contributed by atoms with Gasteiger partial charge in [0.25, 0.3) is 11.8 Å². The quantitative estimate of drug-likeness (QED) is 0.230. The van der Waals surface area contributed by atoms with Gasteiger partial charge in [0.05, 0.1) is 23.8 Å². The Bertz CT molecular complexity index is 801. The third-order valence-electron chi connectivity index (χ3n) is 4.06. The molecule has 3 radical (unpaired) electrons. The first kappa shape index (κ1) is 23.8. The van der Waals surface area contributed by atoms with Crippen LogP contribution in [-0.2, 0) is 18.6 Å². The van der Waals surface area contributed by atoms with Gasteiger partial charge in [-0.3, -0.25) is 23.8 Å². The van der Waals surface area contributed by atoms with E-state index in [9.17, 15) is 18.9 Å². The number of hydrogen-bond acceptors (Lipinski definition) is 7. The van der Waals surface area contributed by atoms with E-state index in [2.05, 4.69) is 10.4 Å². The van der Waals surface area contributed by atoms with Crippen LogP contribution in [0.1, 0.15) is 48.4 Å². The topological polar surface area (TPSA) is 93.2 Å². The highest BCUT2D eigenvalue weighted by atomic mass is 32.7. The van der Waals surface area contributed by atoms with Crippen molar-refractivity contribution in [3.05, 3.63) is 35.4 Å². The second kappa shape index (κ2) is 10.0. The van der Waals surface area contributed by atoms with Crippen molar-refractivity contribution in [2.45, 2.75) is 39.8 Å². The lowest BCUT2D eigenvalue weighted by Gasteiger charge is -2.31. The molecule has 0 fully saturated rings. The Morgan fingerprint density at radius 3 is 2.24 bits per heavy atom. The molecule has 0 saturated carbocycles. The van der Waals surface area contributed by atoms with E-state index in [1.165, 1.54) is 4.34 Å². The molecular weight excluding hydrogens is 431 g/mol. The van der Waals surface area contributed by atoms with Crippen LogP contribution in [-0.4, -0.2) is 68.5 Å². The van der Waals surface area contributed by atoms with E-state index < -0.39 is 18.7 Å². The van der Waals surface area contributed by atoms with Crippen molar-refractivity contribution in [2.75, 3.05) is 18.9 Å². The number of imide groups is 1. The number of benzene rings is 1. The first-order valence-electron chi connectivity index (χ1n) is 9.18. The maximum absolute atomic E-state index is 13.3. The van der Waals surface area contributed by atoms with Crippen molar-refractivity contribution < 1.29 is 28.2 Å². The Hall–Kier alpha value is -1.45. The van der Waals surface area contributed by atoms with Gasteiger partial charge < -0.3 is 9.26 Å². The molecule has 1 aromatic carbocycles. The van der Waals surface area contributed by atoms with Gasteiger partial charge >= 0.3 is 12.7 Å². The van der Waals surface area contributed by atoms with Crippen molar-refractivity contribution in [1.82, 2.24) is 9.24 Å². The lowest BCUT2D eigenvalue weighted by atomic mass is 10.1. The molecule has 157 valence electrons.